The van der Waals surface area contributed by atoms with Crippen LogP contribution in [0.3, 0.4) is 0 Å². The van der Waals surface area contributed by atoms with Gasteiger partial charge in [0, 0.05) is 5.56 Å². The van der Waals surface area contributed by atoms with Crippen molar-refractivity contribution in [3.63, 3.8) is 0 Å². The quantitative estimate of drug-likeness (QED) is 0.522. The lowest BCUT2D eigenvalue weighted by Crippen LogP contribution is -2.27. The van der Waals surface area contributed by atoms with Crippen LogP contribution >= 0.6 is 0 Å². The molecule has 0 saturated heterocycles. The molecule has 1 heterocycles. The van der Waals surface area contributed by atoms with E-state index >= 15 is 0 Å². The smallest absolute Gasteiger partial charge is 0.416 e. The average molecular weight is 431 g/mol. The number of ether oxygens (including phenoxy) is 2. The second kappa shape index (κ2) is 8.87. The lowest BCUT2D eigenvalue weighted by Gasteiger charge is -2.16. The summed E-state index contributed by atoms with van der Waals surface area (Å²) in [6, 6.07) is 12.6. The number of nitrogens with zero attached hydrogens (tertiary/aromatic N) is 3. The molecule has 10 heteroatoms. The summed E-state index contributed by atoms with van der Waals surface area (Å²) in [5.74, 6) is -0.478. The first kappa shape index (κ1) is 21.8. The standard InChI is InChI=1S/C21H16F3N3O4/c1-12(30-20(28)13(2)29-17-8-6-14(11-25)7-9-17)19-26-18(27-31-19)15-4-3-5-16(10-15)21(22,23)24/h3-10,12-13H,1-2H3. The zero-order chi connectivity index (χ0) is 22.6. The summed E-state index contributed by atoms with van der Waals surface area (Å²) in [5, 5.41) is 12.5. The van der Waals surface area contributed by atoms with Crippen LogP contribution in [0.2, 0.25) is 0 Å². The van der Waals surface area contributed by atoms with Crippen molar-refractivity contribution in [1.29, 1.82) is 5.26 Å². The van der Waals surface area contributed by atoms with Gasteiger partial charge in [0.25, 0.3) is 5.89 Å². The predicted octanol–water partition coefficient (Wildman–Crippen LogP) is 4.70. The fourth-order valence-corrected chi connectivity index (χ4v) is 2.53. The van der Waals surface area contributed by atoms with Crippen LogP contribution in [0.4, 0.5) is 13.2 Å². The minimum absolute atomic E-state index is 0.0640. The molecule has 0 N–H and O–H groups in total. The van der Waals surface area contributed by atoms with Crippen molar-refractivity contribution in [2.45, 2.75) is 32.2 Å². The van der Waals surface area contributed by atoms with Gasteiger partial charge in [0.15, 0.2) is 12.2 Å². The van der Waals surface area contributed by atoms with Gasteiger partial charge in [-0.15, -0.1) is 0 Å². The number of esters is 1. The van der Waals surface area contributed by atoms with Crippen LogP contribution < -0.4 is 4.74 Å². The van der Waals surface area contributed by atoms with Crippen LogP contribution in [-0.2, 0) is 15.7 Å². The second-order valence-corrected chi connectivity index (χ2v) is 6.51. The van der Waals surface area contributed by atoms with Crippen molar-refractivity contribution in [2.75, 3.05) is 0 Å². The Morgan fingerprint density at radius 3 is 2.52 bits per heavy atom. The van der Waals surface area contributed by atoms with E-state index < -0.39 is 29.9 Å². The van der Waals surface area contributed by atoms with Crippen LogP contribution in [0.5, 0.6) is 5.75 Å². The molecule has 0 saturated carbocycles. The zero-order valence-corrected chi connectivity index (χ0v) is 16.4. The summed E-state index contributed by atoms with van der Waals surface area (Å²) < 4.78 is 54.4. The molecule has 31 heavy (non-hydrogen) atoms. The molecule has 2 aromatic carbocycles. The van der Waals surface area contributed by atoms with Gasteiger partial charge in [0.05, 0.1) is 17.2 Å². The topological polar surface area (TPSA) is 98.2 Å². The molecule has 0 fully saturated rings. The number of carbonyl (C=O) groups excluding carboxylic acids is 1. The largest absolute Gasteiger partial charge is 0.479 e. The first-order valence-corrected chi connectivity index (χ1v) is 9.06. The molecule has 0 amide bonds. The normalized spacial score (nSPS) is 13.2. The Bertz CT molecular complexity index is 1100. The molecule has 1 aromatic heterocycles. The first-order valence-electron chi connectivity index (χ1n) is 9.06. The number of hydrogen-bond acceptors (Lipinski definition) is 7. The summed E-state index contributed by atoms with van der Waals surface area (Å²) in [6.45, 7) is 2.96. The van der Waals surface area contributed by atoms with Gasteiger partial charge in [-0.25, -0.2) is 4.79 Å². The SMILES string of the molecule is CC(Oc1ccc(C#N)cc1)C(=O)OC(C)c1nc(-c2cccc(C(F)(F)F)c2)no1. The average Bonchev–Trinajstić information content (AvgIpc) is 3.24. The third-order valence-corrected chi connectivity index (χ3v) is 4.16. The van der Waals surface area contributed by atoms with Gasteiger partial charge in [-0.2, -0.15) is 23.4 Å². The number of rotatable bonds is 6. The van der Waals surface area contributed by atoms with Gasteiger partial charge in [-0.3, -0.25) is 0 Å². The van der Waals surface area contributed by atoms with E-state index in [1.807, 2.05) is 6.07 Å². The van der Waals surface area contributed by atoms with Gasteiger partial charge in [0.2, 0.25) is 5.82 Å². The molecule has 0 bridgehead atoms. The van der Waals surface area contributed by atoms with Gasteiger partial charge in [-0.1, -0.05) is 17.3 Å². The molecule has 3 aromatic rings. The van der Waals surface area contributed by atoms with E-state index in [9.17, 15) is 18.0 Å². The fourth-order valence-electron chi connectivity index (χ4n) is 2.53. The molecule has 3 rings (SSSR count). The van der Waals surface area contributed by atoms with Gasteiger partial charge < -0.3 is 14.0 Å². The third kappa shape index (κ3) is 5.39. The van der Waals surface area contributed by atoms with E-state index in [0.717, 1.165) is 12.1 Å². The Hall–Kier alpha value is -3.87. The molecule has 2 unspecified atom stereocenters. The fraction of sp³-hybridized carbons (Fsp3) is 0.238. The molecule has 0 aliphatic carbocycles. The Labute approximate surface area is 175 Å². The number of aromatic nitrogens is 2. The summed E-state index contributed by atoms with van der Waals surface area (Å²) in [7, 11) is 0. The maximum Gasteiger partial charge on any atom is 0.416 e. The number of nitriles is 1. The van der Waals surface area contributed by atoms with Gasteiger partial charge in [0.1, 0.15) is 5.75 Å². The predicted molar refractivity (Wildman–Crippen MR) is 100 cm³/mol. The maximum absolute atomic E-state index is 12.9. The van der Waals surface area contributed by atoms with E-state index in [-0.39, 0.29) is 17.3 Å². The highest BCUT2D eigenvalue weighted by Gasteiger charge is 2.31. The summed E-state index contributed by atoms with van der Waals surface area (Å²) in [4.78, 5) is 16.3. The Kier molecular flexibility index (Phi) is 6.25. The van der Waals surface area contributed by atoms with Crippen LogP contribution in [0.15, 0.2) is 53.1 Å². The van der Waals surface area contributed by atoms with E-state index in [0.29, 0.717) is 11.3 Å². The molecule has 2 atom stereocenters. The van der Waals surface area contributed by atoms with E-state index in [1.54, 1.807) is 24.3 Å². The van der Waals surface area contributed by atoms with Crippen molar-refractivity contribution in [1.82, 2.24) is 10.1 Å². The van der Waals surface area contributed by atoms with Crippen LogP contribution in [-0.4, -0.2) is 22.2 Å². The summed E-state index contributed by atoms with van der Waals surface area (Å²) in [6.07, 6.45) is -6.43. The van der Waals surface area contributed by atoms with E-state index in [1.165, 1.54) is 26.0 Å². The van der Waals surface area contributed by atoms with Crippen molar-refractivity contribution in [2.24, 2.45) is 0 Å². The van der Waals surface area contributed by atoms with E-state index in [2.05, 4.69) is 10.1 Å². The number of alkyl halides is 3. The van der Waals surface area contributed by atoms with Crippen molar-refractivity contribution in [3.8, 4) is 23.2 Å². The molecule has 7 nitrogen and oxygen atoms in total. The third-order valence-electron chi connectivity index (χ3n) is 4.16. The maximum atomic E-state index is 12.9. The minimum Gasteiger partial charge on any atom is -0.479 e. The first-order chi connectivity index (χ1) is 14.7. The Balaban J connectivity index is 1.64. The van der Waals surface area contributed by atoms with Crippen molar-refractivity contribution in [3.05, 3.63) is 65.5 Å². The van der Waals surface area contributed by atoms with Crippen LogP contribution in [0.25, 0.3) is 11.4 Å². The zero-order valence-electron chi connectivity index (χ0n) is 16.4. The number of hydrogen-bond donors (Lipinski definition) is 0. The Morgan fingerprint density at radius 1 is 1.16 bits per heavy atom. The van der Waals surface area contributed by atoms with Crippen molar-refractivity contribution >= 4 is 5.97 Å². The highest BCUT2D eigenvalue weighted by atomic mass is 19.4. The highest BCUT2D eigenvalue weighted by Crippen LogP contribution is 2.31. The molecular formula is C21H16F3N3O4. The number of benzene rings is 2. The van der Waals surface area contributed by atoms with Crippen molar-refractivity contribution < 1.29 is 32.0 Å². The molecule has 0 radical (unpaired) electrons. The second-order valence-electron chi connectivity index (χ2n) is 6.51. The summed E-state index contributed by atoms with van der Waals surface area (Å²) in [5.41, 5.74) is -0.283. The van der Waals surface area contributed by atoms with Crippen LogP contribution in [0.1, 0.15) is 37.0 Å². The van der Waals surface area contributed by atoms with Crippen LogP contribution in [0, 0.1) is 11.3 Å². The molecule has 0 aliphatic heterocycles. The van der Waals surface area contributed by atoms with E-state index in [4.69, 9.17) is 19.3 Å². The molecule has 0 aliphatic rings. The monoisotopic (exact) mass is 431 g/mol. The highest BCUT2D eigenvalue weighted by molar-refractivity contribution is 5.74. The van der Waals surface area contributed by atoms with Gasteiger partial charge >= 0.3 is 12.1 Å². The molecule has 160 valence electrons. The Morgan fingerprint density at radius 2 is 1.87 bits per heavy atom. The number of carbonyl (C=O) groups is 1. The molecule has 0 spiro atoms. The minimum atomic E-state index is -4.50. The van der Waals surface area contributed by atoms with Gasteiger partial charge in [-0.05, 0) is 50.2 Å². The number of halogens is 3. The lowest BCUT2D eigenvalue weighted by atomic mass is 10.1. The molecular weight excluding hydrogens is 415 g/mol. The lowest BCUT2D eigenvalue weighted by molar-refractivity contribution is -0.157. The summed E-state index contributed by atoms with van der Waals surface area (Å²) >= 11 is 0.